The molecule has 0 radical (unpaired) electrons. The van der Waals surface area contributed by atoms with E-state index >= 15 is 0 Å². The van der Waals surface area contributed by atoms with E-state index in [2.05, 4.69) is 0 Å². The Morgan fingerprint density at radius 2 is 1.92 bits per heavy atom. The van der Waals surface area contributed by atoms with Gasteiger partial charge in [0.15, 0.2) is 0 Å². The number of para-hydroxylation sites is 1. The predicted molar refractivity (Wildman–Crippen MR) is 79.1 cm³/mol. The van der Waals surface area contributed by atoms with Gasteiger partial charge in [-0.2, -0.15) is 13.2 Å². The lowest BCUT2D eigenvalue weighted by atomic mass is 9.95. The molecule has 1 saturated heterocycles. The predicted octanol–water partition coefficient (Wildman–Crippen LogP) is 2.48. The number of benzene rings is 1. The summed E-state index contributed by atoms with van der Waals surface area (Å²) in [5.41, 5.74) is 5.79. The summed E-state index contributed by atoms with van der Waals surface area (Å²) < 4.78 is 44.8. The fourth-order valence-corrected chi connectivity index (χ4v) is 3.18. The fourth-order valence-electron chi connectivity index (χ4n) is 3.18. The molecule has 0 aliphatic carbocycles. The quantitative estimate of drug-likeness (QED) is 0.912. The molecule has 1 fully saturated rings. The molecule has 1 aromatic heterocycles. The largest absolute Gasteiger partial charge is 0.461 e. The molecule has 24 heavy (non-hydrogen) atoms. The second-order valence-electron chi connectivity index (χ2n) is 5.90. The van der Waals surface area contributed by atoms with Crippen molar-refractivity contribution in [2.45, 2.75) is 13.1 Å². The topological polar surface area (TPSA) is 76.5 Å². The van der Waals surface area contributed by atoms with Crippen molar-refractivity contribution < 1.29 is 27.2 Å². The third kappa shape index (κ3) is 2.61. The minimum atomic E-state index is -4.60. The number of primary amides is 1. The fraction of sp³-hybridized carbons (Fsp3) is 0.375. The molecule has 0 unspecified atom stereocenters. The van der Waals surface area contributed by atoms with Crippen molar-refractivity contribution in [1.29, 1.82) is 0 Å². The summed E-state index contributed by atoms with van der Waals surface area (Å²) in [6.45, 7) is 0.641. The van der Waals surface area contributed by atoms with Gasteiger partial charge in [0.05, 0.1) is 17.4 Å². The number of amides is 2. The highest BCUT2D eigenvalue weighted by Gasteiger charge is 2.53. The lowest BCUT2D eigenvalue weighted by molar-refractivity contribution is -0.182. The number of aryl methyl sites for hydroxylation is 1. The molecule has 2 atom stereocenters. The van der Waals surface area contributed by atoms with Crippen LogP contribution in [0.15, 0.2) is 28.7 Å². The van der Waals surface area contributed by atoms with Gasteiger partial charge in [-0.1, -0.05) is 18.2 Å². The number of halogens is 3. The van der Waals surface area contributed by atoms with Gasteiger partial charge in [0, 0.05) is 18.5 Å². The van der Waals surface area contributed by atoms with Gasteiger partial charge in [0.2, 0.25) is 5.91 Å². The summed E-state index contributed by atoms with van der Waals surface area (Å²) in [4.78, 5) is 25.1. The summed E-state index contributed by atoms with van der Waals surface area (Å²) in [5, 5.41) is 0.533. The van der Waals surface area contributed by atoms with Crippen LogP contribution in [0.3, 0.4) is 0 Å². The molecule has 1 aliphatic heterocycles. The summed E-state index contributed by atoms with van der Waals surface area (Å²) in [5.74, 6) is -4.70. The van der Waals surface area contributed by atoms with Crippen LogP contribution >= 0.6 is 0 Å². The van der Waals surface area contributed by atoms with Gasteiger partial charge in [-0.05, 0) is 13.0 Å². The van der Waals surface area contributed by atoms with E-state index in [1.165, 1.54) is 0 Å². The average molecular weight is 340 g/mol. The first-order chi connectivity index (χ1) is 11.2. The van der Waals surface area contributed by atoms with Crippen LogP contribution in [-0.4, -0.2) is 36.0 Å². The van der Waals surface area contributed by atoms with Crippen molar-refractivity contribution in [2.75, 3.05) is 13.1 Å². The maximum atomic E-state index is 13.1. The highest BCUT2D eigenvalue weighted by Crippen LogP contribution is 2.38. The molecule has 2 aromatic rings. The number of nitrogens with zero attached hydrogens (tertiary/aromatic N) is 1. The second-order valence-corrected chi connectivity index (χ2v) is 5.90. The van der Waals surface area contributed by atoms with Gasteiger partial charge >= 0.3 is 6.18 Å². The highest BCUT2D eigenvalue weighted by molar-refractivity contribution is 6.07. The first-order valence-electron chi connectivity index (χ1n) is 7.33. The Kier molecular flexibility index (Phi) is 3.77. The first kappa shape index (κ1) is 16.4. The maximum Gasteiger partial charge on any atom is 0.394 e. The molecule has 0 saturated carbocycles. The van der Waals surface area contributed by atoms with Crippen molar-refractivity contribution in [3.05, 3.63) is 35.6 Å². The van der Waals surface area contributed by atoms with Crippen LogP contribution in [0, 0.1) is 18.8 Å². The van der Waals surface area contributed by atoms with E-state index in [0.29, 0.717) is 16.7 Å². The Morgan fingerprint density at radius 1 is 1.25 bits per heavy atom. The van der Waals surface area contributed by atoms with Crippen LogP contribution in [0.1, 0.15) is 16.1 Å². The van der Waals surface area contributed by atoms with Crippen LogP contribution < -0.4 is 5.73 Å². The second kappa shape index (κ2) is 5.54. The van der Waals surface area contributed by atoms with Crippen molar-refractivity contribution >= 4 is 22.8 Å². The minimum absolute atomic E-state index is 0.219. The van der Waals surface area contributed by atoms with Crippen molar-refractivity contribution in [2.24, 2.45) is 17.6 Å². The monoisotopic (exact) mass is 340 g/mol. The Hall–Kier alpha value is -2.51. The molecule has 8 heteroatoms. The van der Waals surface area contributed by atoms with E-state index in [0.717, 1.165) is 4.90 Å². The lowest BCUT2D eigenvalue weighted by Crippen LogP contribution is -2.37. The molecular weight excluding hydrogens is 325 g/mol. The number of nitrogens with two attached hydrogens (primary N) is 1. The zero-order valence-electron chi connectivity index (χ0n) is 12.8. The number of carbonyl (C=O) groups excluding carboxylic acids is 2. The molecule has 1 aliphatic rings. The number of hydrogen-bond acceptors (Lipinski definition) is 3. The normalized spacial score (nSPS) is 21.4. The minimum Gasteiger partial charge on any atom is -0.461 e. The molecule has 0 spiro atoms. The Balaban J connectivity index is 1.96. The third-order valence-electron chi connectivity index (χ3n) is 4.38. The summed E-state index contributed by atoms with van der Waals surface area (Å²) >= 11 is 0. The smallest absolute Gasteiger partial charge is 0.394 e. The van der Waals surface area contributed by atoms with Crippen LogP contribution in [0.2, 0.25) is 0 Å². The average Bonchev–Trinajstić information content (AvgIpc) is 3.06. The molecule has 0 bridgehead atoms. The van der Waals surface area contributed by atoms with Crippen LogP contribution in [0.4, 0.5) is 13.2 Å². The summed E-state index contributed by atoms with van der Waals surface area (Å²) in [6.07, 6.45) is -4.60. The van der Waals surface area contributed by atoms with E-state index in [-0.39, 0.29) is 12.1 Å². The van der Waals surface area contributed by atoms with E-state index in [1.54, 1.807) is 31.2 Å². The first-order valence-corrected chi connectivity index (χ1v) is 7.33. The van der Waals surface area contributed by atoms with Crippen molar-refractivity contribution in [3.8, 4) is 0 Å². The summed E-state index contributed by atoms with van der Waals surface area (Å²) in [6, 6.07) is 6.79. The standard InChI is InChI=1S/C16H15F3N2O3/c1-8-13(9-4-2-3-5-12(9)24-8)15(23)21-6-10(14(20)22)11(7-21)16(17,18)19/h2-5,10-11H,6-7H2,1H3,(H2,20,22)/t10-,11-/m1/s1. The number of rotatable bonds is 2. The zero-order valence-corrected chi connectivity index (χ0v) is 12.8. The zero-order chi connectivity index (χ0) is 17.6. The van der Waals surface area contributed by atoms with Crippen LogP contribution in [0.5, 0.6) is 0 Å². The van der Waals surface area contributed by atoms with Gasteiger partial charge in [0.1, 0.15) is 11.3 Å². The van der Waals surface area contributed by atoms with E-state index in [1.807, 2.05) is 0 Å². The van der Waals surface area contributed by atoms with Gasteiger partial charge < -0.3 is 15.1 Å². The number of furan rings is 1. The SMILES string of the molecule is Cc1oc2ccccc2c1C(=O)N1C[C@@H](C(F)(F)F)[C@H](C(N)=O)C1. The third-order valence-corrected chi connectivity index (χ3v) is 4.38. The number of likely N-dealkylation sites (tertiary alicyclic amines) is 1. The molecule has 2 heterocycles. The molecule has 1 aromatic carbocycles. The summed E-state index contributed by atoms with van der Waals surface area (Å²) in [7, 11) is 0. The van der Waals surface area contributed by atoms with E-state index in [9.17, 15) is 22.8 Å². The number of fused-ring (bicyclic) bond motifs is 1. The number of carbonyl (C=O) groups is 2. The van der Waals surface area contributed by atoms with Crippen molar-refractivity contribution in [1.82, 2.24) is 4.90 Å². The van der Waals surface area contributed by atoms with E-state index < -0.39 is 36.4 Å². The van der Waals surface area contributed by atoms with Gasteiger partial charge in [-0.3, -0.25) is 9.59 Å². The molecule has 128 valence electrons. The molecular formula is C16H15F3N2O3. The Morgan fingerprint density at radius 3 is 2.50 bits per heavy atom. The molecule has 2 N–H and O–H groups in total. The van der Waals surface area contributed by atoms with Crippen LogP contribution in [0.25, 0.3) is 11.0 Å². The van der Waals surface area contributed by atoms with Gasteiger partial charge in [-0.15, -0.1) is 0 Å². The Labute approximate surface area is 135 Å². The Bertz CT molecular complexity index is 812. The van der Waals surface area contributed by atoms with Gasteiger partial charge in [0.25, 0.3) is 5.91 Å². The molecule has 2 amide bonds. The maximum absolute atomic E-state index is 13.1. The lowest BCUT2D eigenvalue weighted by Gasteiger charge is -2.18. The number of alkyl halides is 3. The molecule has 3 rings (SSSR count). The highest BCUT2D eigenvalue weighted by atomic mass is 19.4. The van der Waals surface area contributed by atoms with Crippen molar-refractivity contribution in [3.63, 3.8) is 0 Å². The van der Waals surface area contributed by atoms with Gasteiger partial charge in [-0.25, -0.2) is 0 Å². The van der Waals surface area contributed by atoms with E-state index in [4.69, 9.17) is 10.2 Å². The molecule has 5 nitrogen and oxygen atoms in total. The number of hydrogen-bond donors (Lipinski definition) is 1. The van der Waals surface area contributed by atoms with Crippen LogP contribution in [-0.2, 0) is 4.79 Å².